The highest BCUT2D eigenvalue weighted by atomic mass is 35.5. The second-order valence-electron chi connectivity index (χ2n) is 11.3. The lowest BCUT2D eigenvalue weighted by molar-refractivity contribution is -0.144. The van der Waals surface area contributed by atoms with E-state index in [4.69, 9.17) is 21.1 Å². The fourth-order valence-electron chi connectivity index (χ4n) is 4.39. The SMILES string of the molecule is CCOC(=O)CN(C/C=C/C(=O)Nc1cc2c(Nc3ccc(F)c(Cl)c3)ncnc2cc1OCC1CC1)CCSC(=O)CC(C)C. The largest absolute Gasteiger partial charge is 0.491 e. The van der Waals surface area contributed by atoms with Gasteiger partial charge in [-0.25, -0.2) is 14.4 Å². The van der Waals surface area contributed by atoms with Gasteiger partial charge in [-0.05, 0) is 55.9 Å². The van der Waals surface area contributed by atoms with Crippen molar-refractivity contribution in [2.75, 3.05) is 49.2 Å². The molecular weight excluding hydrogens is 633 g/mol. The predicted molar refractivity (Wildman–Crippen MR) is 180 cm³/mol. The van der Waals surface area contributed by atoms with E-state index < -0.39 is 11.7 Å². The second-order valence-corrected chi connectivity index (χ2v) is 12.9. The number of fused-ring (bicyclic) bond motifs is 1. The van der Waals surface area contributed by atoms with Crippen molar-refractivity contribution in [1.29, 1.82) is 0 Å². The van der Waals surface area contributed by atoms with Gasteiger partial charge in [0.15, 0.2) is 5.12 Å². The van der Waals surface area contributed by atoms with E-state index in [0.29, 0.717) is 71.6 Å². The highest BCUT2D eigenvalue weighted by Gasteiger charge is 2.23. The number of nitrogens with one attached hydrogen (secondary N) is 2. The number of nitrogens with zero attached hydrogens (tertiary/aromatic N) is 3. The Bertz CT molecular complexity index is 1570. The number of aromatic nitrogens is 2. The molecule has 0 radical (unpaired) electrons. The number of rotatable bonds is 17. The van der Waals surface area contributed by atoms with Crippen LogP contribution in [0.25, 0.3) is 10.9 Å². The number of halogens is 2. The Labute approximate surface area is 277 Å². The molecule has 246 valence electrons. The van der Waals surface area contributed by atoms with Crippen molar-refractivity contribution in [3.8, 4) is 5.75 Å². The Hall–Kier alpha value is -3.74. The molecule has 3 aromatic rings. The van der Waals surface area contributed by atoms with E-state index in [1.54, 1.807) is 31.2 Å². The standard InChI is InChI=1S/C33H39ClFN5O5S/c1-4-44-31(42)18-40(12-13-46-32(43)14-21(2)3)11-5-6-30(41)39-28-16-24-27(17-29(28)45-19-22-7-8-22)36-20-37-33(24)38-23-9-10-26(35)25(34)15-23/h5-6,9-10,15-17,20-22H,4,7-8,11-14,18-19H2,1-3H3,(H,39,41)(H,36,37,38)/b6-5+. The first kappa shape index (κ1) is 35.1. The molecule has 2 N–H and O–H groups in total. The van der Waals surface area contributed by atoms with Gasteiger partial charge in [-0.2, -0.15) is 0 Å². The molecule has 1 heterocycles. The number of ether oxygens (including phenoxy) is 2. The van der Waals surface area contributed by atoms with E-state index in [2.05, 4.69) is 20.6 Å². The number of carbonyl (C=O) groups excluding carboxylic acids is 3. The van der Waals surface area contributed by atoms with Crippen LogP contribution in [0, 0.1) is 17.7 Å². The molecule has 1 aliphatic carbocycles. The van der Waals surface area contributed by atoms with E-state index >= 15 is 0 Å². The Morgan fingerprint density at radius 1 is 1.20 bits per heavy atom. The van der Waals surface area contributed by atoms with Crippen molar-refractivity contribution < 1.29 is 28.2 Å². The van der Waals surface area contributed by atoms with Crippen LogP contribution in [-0.4, -0.2) is 70.5 Å². The summed E-state index contributed by atoms with van der Waals surface area (Å²) in [5.41, 5.74) is 1.55. The van der Waals surface area contributed by atoms with Crippen LogP contribution in [0.2, 0.25) is 5.02 Å². The highest BCUT2D eigenvalue weighted by molar-refractivity contribution is 8.13. The molecule has 2 aromatic carbocycles. The van der Waals surface area contributed by atoms with Gasteiger partial charge in [0, 0.05) is 48.5 Å². The summed E-state index contributed by atoms with van der Waals surface area (Å²) in [6.07, 6.45) is 7.15. The van der Waals surface area contributed by atoms with Crippen LogP contribution in [0.5, 0.6) is 5.75 Å². The average Bonchev–Trinajstić information content (AvgIpc) is 3.82. The van der Waals surface area contributed by atoms with E-state index in [1.165, 1.54) is 36.3 Å². The Morgan fingerprint density at radius 3 is 2.72 bits per heavy atom. The topological polar surface area (TPSA) is 123 Å². The third kappa shape index (κ3) is 11.3. The molecule has 1 aliphatic rings. The van der Waals surface area contributed by atoms with Gasteiger partial charge in [0.25, 0.3) is 0 Å². The zero-order valence-corrected chi connectivity index (χ0v) is 27.8. The number of hydrogen-bond donors (Lipinski definition) is 2. The van der Waals surface area contributed by atoms with Gasteiger partial charge >= 0.3 is 5.97 Å². The van der Waals surface area contributed by atoms with Crippen molar-refractivity contribution in [1.82, 2.24) is 14.9 Å². The van der Waals surface area contributed by atoms with Gasteiger partial charge in [0.2, 0.25) is 5.91 Å². The summed E-state index contributed by atoms with van der Waals surface area (Å²) in [5.74, 6) is 0.890. The third-order valence-electron chi connectivity index (χ3n) is 6.88. The smallest absolute Gasteiger partial charge is 0.320 e. The van der Waals surface area contributed by atoms with E-state index in [0.717, 1.165) is 12.8 Å². The zero-order valence-electron chi connectivity index (χ0n) is 26.2. The summed E-state index contributed by atoms with van der Waals surface area (Å²) in [4.78, 5) is 48.0. The molecule has 0 bridgehead atoms. The molecule has 0 spiro atoms. The number of anilines is 3. The van der Waals surface area contributed by atoms with Crippen molar-refractivity contribution >= 4 is 68.5 Å². The first-order chi connectivity index (χ1) is 22.1. The van der Waals surface area contributed by atoms with Gasteiger partial charge in [-0.3, -0.25) is 19.3 Å². The molecule has 1 saturated carbocycles. The molecule has 13 heteroatoms. The average molecular weight is 672 g/mol. The quantitative estimate of drug-likeness (QED) is 0.120. The van der Waals surface area contributed by atoms with Crippen molar-refractivity contribution in [2.45, 2.75) is 40.0 Å². The third-order valence-corrected chi connectivity index (χ3v) is 8.05. The predicted octanol–water partition coefficient (Wildman–Crippen LogP) is 6.62. The summed E-state index contributed by atoms with van der Waals surface area (Å²) in [6, 6.07) is 7.74. The van der Waals surface area contributed by atoms with Crippen molar-refractivity contribution in [2.24, 2.45) is 11.8 Å². The molecule has 1 aromatic heterocycles. The van der Waals surface area contributed by atoms with Gasteiger partial charge < -0.3 is 20.1 Å². The van der Waals surface area contributed by atoms with Crippen molar-refractivity contribution in [3.05, 3.63) is 59.7 Å². The number of carbonyl (C=O) groups is 3. The summed E-state index contributed by atoms with van der Waals surface area (Å²) in [6.45, 7) is 7.33. The lowest BCUT2D eigenvalue weighted by Gasteiger charge is -2.19. The minimum atomic E-state index is -0.532. The maximum absolute atomic E-state index is 13.7. The molecule has 4 rings (SSSR count). The number of thioether (sulfide) groups is 1. The van der Waals surface area contributed by atoms with Gasteiger partial charge in [0.05, 0.1) is 36.0 Å². The van der Waals surface area contributed by atoms with Crippen LogP contribution in [0.1, 0.15) is 40.0 Å². The van der Waals surface area contributed by atoms with Crippen LogP contribution in [-0.2, 0) is 19.1 Å². The first-order valence-corrected chi connectivity index (χ1v) is 16.6. The van der Waals surface area contributed by atoms with Crippen LogP contribution in [0.4, 0.5) is 21.6 Å². The van der Waals surface area contributed by atoms with Crippen LogP contribution in [0.3, 0.4) is 0 Å². The molecule has 0 aliphatic heterocycles. The Balaban J connectivity index is 1.48. The highest BCUT2D eigenvalue weighted by Crippen LogP contribution is 2.36. The molecular formula is C33H39ClFN5O5S. The number of esters is 1. The molecule has 0 saturated heterocycles. The molecule has 1 fully saturated rings. The normalized spacial score (nSPS) is 13.0. The summed E-state index contributed by atoms with van der Waals surface area (Å²) < 4.78 is 24.9. The number of benzene rings is 2. The van der Waals surface area contributed by atoms with Crippen LogP contribution < -0.4 is 15.4 Å². The zero-order chi connectivity index (χ0) is 33.1. The monoisotopic (exact) mass is 671 g/mol. The van der Waals surface area contributed by atoms with Gasteiger partial charge in [0.1, 0.15) is 23.7 Å². The maximum Gasteiger partial charge on any atom is 0.320 e. The maximum atomic E-state index is 13.7. The van der Waals surface area contributed by atoms with E-state index in [9.17, 15) is 18.8 Å². The fourth-order valence-corrected chi connectivity index (χ4v) is 5.60. The molecule has 46 heavy (non-hydrogen) atoms. The lowest BCUT2D eigenvalue weighted by atomic mass is 10.1. The first-order valence-electron chi connectivity index (χ1n) is 15.3. The van der Waals surface area contributed by atoms with Crippen molar-refractivity contribution in [3.63, 3.8) is 0 Å². The summed E-state index contributed by atoms with van der Waals surface area (Å²) in [7, 11) is 0. The Kier molecular flexibility index (Phi) is 13.2. The van der Waals surface area contributed by atoms with Gasteiger partial charge in [-0.15, -0.1) is 0 Å². The van der Waals surface area contributed by atoms with Gasteiger partial charge in [-0.1, -0.05) is 43.3 Å². The minimum absolute atomic E-state index is 0.0296. The fraction of sp³-hybridized carbons (Fsp3) is 0.424. The second kappa shape index (κ2) is 17.3. The number of amides is 1. The minimum Gasteiger partial charge on any atom is -0.491 e. The Morgan fingerprint density at radius 2 is 2.00 bits per heavy atom. The molecule has 0 unspecified atom stereocenters. The molecule has 10 nitrogen and oxygen atoms in total. The molecule has 0 atom stereocenters. The summed E-state index contributed by atoms with van der Waals surface area (Å²) in [5, 5.41) is 6.73. The van der Waals surface area contributed by atoms with E-state index in [-0.39, 0.29) is 35.2 Å². The number of hydrogen-bond acceptors (Lipinski definition) is 10. The van der Waals surface area contributed by atoms with E-state index in [1.807, 2.05) is 18.7 Å². The molecule has 1 amide bonds. The lowest BCUT2D eigenvalue weighted by Crippen LogP contribution is -2.33. The van der Waals surface area contributed by atoms with Crippen LogP contribution >= 0.6 is 23.4 Å². The van der Waals surface area contributed by atoms with Crippen LogP contribution in [0.15, 0.2) is 48.8 Å². The summed E-state index contributed by atoms with van der Waals surface area (Å²) >= 11 is 7.20.